The summed E-state index contributed by atoms with van der Waals surface area (Å²) in [6, 6.07) is 3.89. The van der Waals surface area contributed by atoms with Crippen LogP contribution in [0.4, 0.5) is 0 Å². The van der Waals surface area contributed by atoms with E-state index in [2.05, 4.69) is 4.98 Å². The number of aryl methyl sites for hydroxylation is 1. The predicted octanol–water partition coefficient (Wildman–Crippen LogP) is 3.95. The lowest BCUT2D eigenvalue weighted by molar-refractivity contribution is 0.0526. The van der Waals surface area contributed by atoms with Crippen molar-refractivity contribution in [1.82, 2.24) is 4.98 Å². The molecule has 0 amide bonds. The van der Waals surface area contributed by atoms with Crippen molar-refractivity contribution in [2.75, 3.05) is 6.61 Å². The number of nitrogens with zero attached hydrogens (tertiary/aromatic N) is 1. The monoisotopic (exact) mass is 281 g/mol. The molecule has 0 aliphatic rings. The molecule has 0 bridgehead atoms. The Bertz CT molecular complexity index is 567. The van der Waals surface area contributed by atoms with E-state index in [0.717, 1.165) is 16.1 Å². The van der Waals surface area contributed by atoms with Crippen LogP contribution < -0.4 is 0 Å². The van der Waals surface area contributed by atoms with Crippen molar-refractivity contribution in [3.05, 3.63) is 40.0 Å². The van der Waals surface area contributed by atoms with Gasteiger partial charge in [0.05, 0.1) is 17.2 Å². The van der Waals surface area contributed by atoms with Crippen LogP contribution in [0.2, 0.25) is 5.02 Å². The fraction of sp³-hybridized carbons (Fsp3) is 0.231. The van der Waals surface area contributed by atoms with Gasteiger partial charge in [0.15, 0.2) is 0 Å². The highest BCUT2D eigenvalue weighted by Gasteiger charge is 2.18. The van der Waals surface area contributed by atoms with Gasteiger partial charge in [0.25, 0.3) is 0 Å². The van der Waals surface area contributed by atoms with E-state index in [-0.39, 0.29) is 0 Å². The second-order valence-corrected chi connectivity index (χ2v) is 4.97. The van der Waals surface area contributed by atoms with Crippen LogP contribution >= 0.6 is 22.9 Å². The van der Waals surface area contributed by atoms with Gasteiger partial charge in [-0.3, -0.25) is 4.98 Å². The summed E-state index contributed by atoms with van der Waals surface area (Å²) in [7, 11) is 0. The van der Waals surface area contributed by atoms with Crippen molar-refractivity contribution in [3.63, 3.8) is 0 Å². The van der Waals surface area contributed by atoms with Crippen LogP contribution in [0.15, 0.2) is 23.7 Å². The normalized spacial score (nSPS) is 10.4. The van der Waals surface area contributed by atoms with Crippen molar-refractivity contribution < 1.29 is 9.53 Å². The molecule has 0 N–H and O–H groups in total. The number of rotatable bonds is 3. The van der Waals surface area contributed by atoms with Crippen molar-refractivity contribution in [2.45, 2.75) is 13.8 Å². The van der Waals surface area contributed by atoms with Gasteiger partial charge in [-0.25, -0.2) is 4.79 Å². The quantitative estimate of drug-likeness (QED) is 0.800. The van der Waals surface area contributed by atoms with E-state index >= 15 is 0 Å². The molecule has 0 aliphatic carbocycles. The Labute approximate surface area is 114 Å². The van der Waals surface area contributed by atoms with Crippen LogP contribution in [0.1, 0.15) is 23.0 Å². The van der Waals surface area contributed by atoms with Crippen molar-refractivity contribution in [1.29, 1.82) is 0 Å². The van der Waals surface area contributed by atoms with Crippen molar-refractivity contribution in [3.8, 4) is 10.4 Å². The molecule has 2 rings (SSSR count). The van der Waals surface area contributed by atoms with Gasteiger partial charge >= 0.3 is 5.97 Å². The highest BCUT2D eigenvalue weighted by atomic mass is 35.5. The molecule has 0 fully saturated rings. The average molecular weight is 282 g/mol. The molecule has 0 spiro atoms. The van der Waals surface area contributed by atoms with Gasteiger partial charge in [0.2, 0.25) is 0 Å². The molecule has 0 saturated carbocycles. The molecule has 2 aromatic rings. The maximum Gasteiger partial charge on any atom is 0.341 e. The SMILES string of the molecule is CCOC(=O)c1cnc(C)c(-c2cccs2)c1Cl. The summed E-state index contributed by atoms with van der Waals surface area (Å²) in [5, 5.41) is 2.37. The zero-order valence-corrected chi connectivity index (χ0v) is 11.6. The Morgan fingerprint density at radius 3 is 2.94 bits per heavy atom. The number of carbonyl (C=O) groups is 1. The first kappa shape index (κ1) is 13.1. The number of thiophene rings is 1. The van der Waals surface area contributed by atoms with Crippen LogP contribution in [-0.4, -0.2) is 17.6 Å². The minimum atomic E-state index is -0.437. The fourth-order valence-corrected chi connectivity index (χ4v) is 2.88. The third-order valence-corrected chi connectivity index (χ3v) is 3.75. The molecule has 94 valence electrons. The molecular weight excluding hydrogens is 270 g/mol. The van der Waals surface area contributed by atoms with Crippen LogP contribution in [0.3, 0.4) is 0 Å². The highest BCUT2D eigenvalue weighted by molar-refractivity contribution is 7.13. The third kappa shape index (κ3) is 2.40. The molecule has 0 unspecified atom stereocenters. The number of hydrogen-bond acceptors (Lipinski definition) is 4. The Morgan fingerprint density at radius 2 is 2.33 bits per heavy atom. The summed E-state index contributed by atoms with van der Waals surface area (Å²) in [6.07, 6.45) is 1.47. The summed E-state index contributed by atoms with van der Waals surface area (Å²) in [6.45, 7) is 3.95. The van der Waals surface area contributed by atoms with Gasteiger partial charge in [0.1, 0.15) is 0 Å². The van der Waals surface area contributed by atoms with E-state index in [4.69, 9.17) is 16.3 Å². The lowest BCUT2D eigenvalue weighted by Crippen LogP contribution is -2.07. The number of carbonyl (C=O) groups excluding carboxylic acids is 1. The van der Waals surface area contributed by atoms with E-state index in [9.17, 15) is 4.79 Å². The first-order valence-corrected chi connectivity index (χ1v) is 6.77. The molecular formula is C13H12ClNO2S. The van der Waals surface area contributed by atoms with E-state index < -0.39 is 5.97 Å². The van der Waals surface area contributed by atoms with Gasteiger partial charge in [-0.05, 0) is 25.3 Å². The third-order valence-electron chi connectivity index (χ3n) is 2.47. The number of aromatic nitrogens is 1. The molecule has 0 radical (unpaired) electrons. The molecule has 2 aromatic heterocycles. The molecule has 18 heavy (non-hydrogen) atoms. The molecule has 5 heteroatoms. The number of esters is 1. The molecule has 3 nitrogen and oxygen atoms in total. The zero-order valence-electron chi connectivity index (χ0n) is 10.1. The number of ether oxygens (including phenoxy) is 1. The van der Waals surface area contributed by atoms with Crippen LogP contribution in [0.25, 0.3) is 10.4 Å². The minimum Gasteiger partial charge on any atom is -0.462 e. The van der Waals surface area contributed by atoms with Crippen LogP contribution in [0, 0.1) is 6.92 Å². The van der Waals surface area contributed by atoms with Gasteiger partial charge in [-0.2, -0.15) is 0 Å². The van der Waals surface area contributed by atoms with E-state index in [0.29, 0.717) is 17.2 Å². The summed E-state index contributed by atoms with van der Waals surface area (Å²) < 4.78 is 4.96. The number of hydrogen-bond donors (Lipinski definition) is 0. The van der Waals surface area contributed by atoms with Gasteiger partial charge in [-0.15, -0.1) is 11.3 Å². The van der Waals surface area contributed by atoms with Crippen LogP contribution in [-0.2, 0) is 4.74 Å². The maximum atomic E-state index is 11.8. The van der Waals surface area contributed by atoms with Gasteiger partial charge in [-0.1, -0.05) is 17.7 Å². The predicted molar refractivity (Wildman–Crippen MR) is 73.3 cm³/mol. The number of halogens is 1. The zero-order chi connectivity index (χ0) is 13.1. The Balaban J connectivity index is 2.54. The molecule has 0 aliphatic heterocycles. The largest absolute Gasteiger partial charge is 0.462 e. The molecule has 0 atom stereocenters. The fourth-order valence-electron chi connectivity index (χ4n) is 1.63. The maximum absolute atomic E-state index is 11.8. The van der Waals surface area contributed by atoms with Crippen molar-refractivity contribution in [2.24, 2.45) is 0 Å². The molecule has 0 aromatic carbocycles. The van der Waals surface area contributed by atoms with E-state index in [1.165, 1.54) is 6.20 Å². The second-order valence-electron chi connectivity index (χ2n) is 3.64. The Morgan fingerprint density at radius 1 is 1.56 bits per heavy atom. The highest BCUT2D eigenvalue weighted by Crippen LogP contribution is 2.35. The molecule has 0 saturated heterocycles. The Kier molecular flexibility index (Phi) is 3.99. The first-order valence-electron chi connectivity index (χ1n) is 5.51. The number of pyridine rings is 1. The first-order chi connectivity index (χ1) is 8.65. The standard InChI is InChI=1S/C13H12ClNO2S/c1-3-17-13(16)9-7-15-8(2)11(12(9)14)10-5-4-6-18-10/h4-7H,3H2,1-2H3. The summed E-state index contributed by atoms with van der Waals surface area (Å²) in [5.41, 5.74) is 1.92. The average Bonchev–Trinajstić information content (AvgIpc) is 2.83. The minimum absolute atomic E-state index is 0.313. The smallest absolute Gasteiger partial charge is 0.341 e. The lowest BCUT2D eigenvalue weighted by atomic mass is 10.1. The summed E-state index contributed by atoms with van der Waals surface area (Å²) >= 11 is 7.86. The Hall–Kier alpha value is -1.39. The lowest BCUT2D eigenvalue weighted by Gasteiger charge is -2.09. The molecule has 2 heterocycles. The van der Waals surface area contributed by atoms with E-state index in [1.54, 1.807) is 18.3 Å². The van der Waals surface area contributed by atoms with Gasteiger partial charge < -0.3 is 4.74 Å². The summed E-state index contributed by atoms with van der Waals surface area (Å²) in [4.78, 5) is 17.0. The topological polar surface area (TPSA) is 39.2 Å². The van der Waals surface area contributed by atoms with Crippen LogP contribution in [0.5, 0.6) is 0 Å². The van der Waals surface area contributed by atoms with Gasteiger partial charge in [0, 0.05) is 22.3 Å². The second kappa shape index (κ2) is 5.50. The van der Waals surface area contributed by atoms with E-state index in [1.807, 2.05) is 24.4 Å². The van der Waals surface area contributed by atoms with Crippen molar-refractivity contribution >= 4 is 28.9 Å². The summed E-state index contributed by atoms with van der Waals surface area (Å²) in [5.74, 6) is -0.437.